The lowest BCUT2D eigenvalue weighted by molar-refractivity contribution is 0.0524. The van der Waals surface area contributed by atoms with Gasteiger partial charge in [0.1, 0.15) is 5.56 Å². The maximum absolute atomic E-state index is 12.7. The predicted molar refractivity (Wildman–Crippen MR) is 121 cm³/mol. The monoisotopic (exact) mass is 406 g/mol. The molecule has 1 atom stereocenters. The molecular formula is C25H30N2O3. The number of hydrogen-bond acceptors (Lipinski definition) is 4. The molecule has 1 aliphatic carbocycles. The molecule has 0 radical (unpaired) electrons. The zero-order valence-corrected chi connectivity index (χ0v) is 17.8. The number of hydrogen-bond donors (Lipinski definition) is 1. The molecule has 2 heterocycles. The van der Waals surface area contributed by atoms with Gasteiger partial charge in [-0.3, -0.25) is 9.20 Å². The van der Waals surface area contributed by atoms with E-state index >= 15 is 0 Å². The summed E-state index contributed by atoms with van der Waals surface area (Å²) >= 11 is 0. The fourth-order valence-corrected chi connectivity index (χ4v) is 3.90. The SMILES string of the molecule is C=CCC1C=CC(C)=C(CCNCc2cc(C(=O)OCC)c(=O)n3ccccc23)C1. The number of carbonyl (C=O) groups excluding carboxylic acids is 1. The van der Waals surface area contributed by atoms with Crippen LogP contribution in [0.15, 0.2) is 71.2 Å². The van der Waals surface area contributed by atoms with E-state index in [0.29, 0.717) is 12.5 Å². The molecule has 0 bridgehead atoms. The van der Waals surface area contributed by atoms with Gasteiger partial charge in [0.15, 0.2) is 0 Å². The molecule has 5 nitrogen and oxygen atoms in total. The summed E-state index contributed by atoms with van der Waals surface area (Å²) in [6, 6.07) is 7.24. The van der Waals surface area contributed by atoms with Gasteiger partial charge in [0, 0.05) is 12.7 Å². The van der Waals surface area contributed by atoms with Gasteiger partial charge >= 0.3 is 5.97 Å². The van der Waals surface area contributed by atoms with E-state index in [-0.39, 0.29) is 17.7 Å². The third-order valence-electron chi connectivity index (χ3n) is 5.53. The van der Waals surface area contributed by atoms with E-state index in [1.165, 1.54) is 15.5 Å². The third kappa shape index (κ3) is 4.97. The van der Waals surface area contributed by atoms with Crippen molar-refractivity contribution in [1.82, 2.24) is 9.72 Å². The highest BCUT2D eigenvalue weighted by Crippen LogP contribution is 2.27. The average molecular weight is 407 g/mol. The number of fused-ring (bicyclic) bond motifs is 1. The first-order valence-corrected chi connectivity index (χ1v) is 10.5. The first kappa shape index (κ1) is 21.8. The minimum atomic E-state index is -0.579. The van der Waals surface area contributed by atoms with E-state index < -0.39 is 5.97 Å². The van der Waals surface area contributed by atoms with Crippen LogP contribution >= 0.6 is 0 Å². The van der Waals surface area contributed by atoms with Crippen LogP contribution in [-0.2, 0) is 11.3 Å². The number of rotatable bonds is 9. The van der Waals surface area contributed by atoms with Gasteiger partial charge in [-0.05, 0) is 69.3 Å². The first-order chi connectivity index (χ1) is 14.5. The summed E-state index contributed by atoms with van der Waals surface area (Å²) in [5, 5.41) is 3.48. The molecule has 0 saturated heterocycles. The van der Waals surface area contributed by atoms with Crippen LogP contribution in [0.2, 0.25) is 0 Å². The second-order valence-corrected chi connectivity index (χ2v) is 7.63. The number of pyridine rings is 2. The van der Waals surface area contributed by atoms with Gasteiger partial charge in [0.05, 0.1) is 12.1 Å². The number of ether oxygens (including phenoxy) is 1. The lowest BCUT2D eigenvalue weighted by Gasteiger charge is -2.20. The van der Waals surface area contributed by atoms with Crippen molar-refractivity contribution in [2.45, 2.75) is 39.7 Å². The summed E-state index contributed by atoms with van der Waals surface area (Å²) in [6.07, 6.45) is 11.2. The molecule has 1 unspecified atom stereocenters. The number of nitrogens with one attached hydrogen (secondary N) is 1. The molecule has 0 aromatic carbocycles. The molecule has 1 N–H and O–H groups in total. The molecule has 0 saturated carbocycles. The van der Waals surface area contributed by atoms with Crippen LogP contribution in [0.4, 0.5) is 0 Å². The van der Waals surface area contributed by atoms with Crippen molar-refractivity contribution >= 4 is 11.5 Å². The molecule has 3 rings (SSSR count). The Morgan fingerprint density at radius 2 is 2.23 bits per heavy atom. The van der Waals surface area contributed by atoms with Crippen molar-refractivity contribution < 1.29 is 9.53 Å². The zero-order valence-electron chi connectivity index (χ0n) is 17.8. The molecule has 30 heavy (non-hydrogen) atoms. The van der Waals surface area contributed by atoms with Crippen LogP contribution in [0.3, 0.4) is 0 Å². The summed E-state index contributed by atoms with van der Waals surface area (Å²) in [5.41, 5.74) is 4.23. The minimum Gasteiger partial charge on any atom is -0.462 e. The Morgan fingerprint density at radius 3 is 3.00 bits per heavy atom. The standard InChI is InChI=1S/C25H30N2O3/c1-4-8-19-11-10-18(3)20(15-19)12-13-26-17-21-16-22(25(29)30-5-2)24(28)27-14-7-6-9-23(21)27/h4,6-7,9-11,14,16,19,26H,1,5,8,12-13,15,17H2,2-3H3. The minimum absolute atomic E-state index is 0.0700. The van der Waals surface area contributed by atoms with E-state index in [9.17, 15) is 9.59 Å². The number of nitrogens with zero attached hydrogens (tertiary/aromatic N) is 1. The van der Waals surface area contributed by atoms with Crippen molar-refractivity contribution in [1.29, 1.82) is 0 Å². The van der Waals surface area contributed by atoms with Gasteiger partial charge in [-0.25, -0.2) is 4.79 Å². The number of esters is 1. The van der Waals surface area contributed by atoms with Crippen LogP contribution < -0.4 is 10.9 Å². The molecule has 0 aliphatic heterocycles. The fraction of sp³-hybridized carbons (Fsp3) is 0.360. The van der Waals surface area contributed by atoms with Crippen LogP contribution in [-0.4, -0.2) is 23.5 Å². The van der Waals surface area contributed by atoms with Crippen molar-refractivity contribution in [3.05, 3.63) is 87.9 Å². The summed E-state index contributed by atoms with van der Waals surface area (Å²) < 4.78 is 6.58. The van der Waals surface area contributed by atoms with Crippen molar-refractivity contribution in [2.75, 3.05) is 13.2 Å². The second-order valence-electron chi connectivity index (χ2n) is 7.63. The number of carbonyl (C=O) groups is 1. The predicted octanol–water partition coefficient (Wildman–Crippen LogP) is 4.42. The maximum atomic E-state index is 12.7. The van der Waals surface area contributed by atoms with Crippen LogP contribution in [0.25, 0.3) is 5.52 Å². The summed E-state index contributed by atoms with van der Waals surface area (Å²) in [4.78, 5) is 24.9. The molecule has 0 amide bonds. The molecule has 0 spiro atoms. The van der Waals surface area contributed by atoms with Gasteiger partial charge in [0.25, 0.3) is 5.56 Å². The Balaban J connectivity index is 1.72. The second kappa shape index (κ2) is 10.2. The molecule has 2 aromatic heterocycles. The van der Waals surface area contributed by atoms with Crippen LogP contribution in [0.1, 0.15) is 49.0 Å². The molecule has 1 aliphatic rings. The lowest BCUT2D eigenvalue weighted by atomic mass is 9.87. The summed E-state index contributed by atoms with van der Waals surface area (Å²) in [5.74, 6) is -0.0386. The molecule has 0 fully saturated rings. The lowest BCUT2D eigenvalue weighted by Crippen LogP contribution is -2.26. The maximum Gasteiger partial charge on any atom is 0.343 e. The van der Waals surface area contributed by atoms with E-state index in [1.807, 2.05) is 18.2 Å². The van der Waals surface area contributed by atoms with E-state index in [2.05, 4.69) is 31.0 Å². The van der Waals surface area contributed by atoms with Gasteiger partial charge in [-0.1, -0.05) is 35.4 Å². The van der Waals surface area contributed by atoms with E-state index in [4.69, 9.17) is 4.74 Å². The van der Waals surface area contributed by atoms with Gasteiger partial charge in [-0.2, -0.15) is 0 Å². The quantitative estimate of drug-likeness (QED) is 0.380. The van der Waals surface area contributed by atoms with Crippen LogP contribution in [0, 0.1) is 5.92 Å². The van der Waals surface area contributed by atoms with E-state index in [0.717, 1.165) is 36.9 Å². The summed E-state index contributed by atoms with van der Waals surface area (Å²) in [7, 11) is 0. The van der Waals surface area contributed by atoms with Gasteiger partial charge < -0.3 is 10.1 Å². The van der Waals surface area contributed by atoms with Gasteiger partial charge in [-0.15, -0.1) is 6.58 Å². The first-order valence-electron chi connectivity index (χ1n) is 10.5. The Hall–Kier alpha value is -2.92. The Labute approximate surface area is 177 Å². The highest BCUT2D eigenvalue weighted by atomic mass is 16.5. The zero-order chi connectivity index (χ0) is 21.5. The highest BCUT2D eigenvalue weighted by molar-refractivity contribution is 5.90. The smallest absolute Gasteiger partial charge is 0.343 e. The van der Waals surface area contributed by atoms with Crippen molar-refractivity contribution in [2.24, 2.45) is 5.92 Å². The number of allylic oxidation sites excluding steroid dienone is 4. The Bertz CT molecular complexity index is 1050. The average Bonchev–Trinajstić information content (AvgIpc) is 2.75. The molecular weight excluding hydrogens is 376 g/mol. The van der Waals surface area contributed by atoms with Crippen molar-refractivity contribution in [3.8, 4) is 0 Å². The topological polar surface area (TPSA) is 59.8 Å². The normalized spacial score (nSPS) is 16.1. The Morgan fingerprint density at radius 1 is 1.40 bits per heavy atom. The van der Waals surface area contributed by atoms with Crippen LogP contribution in [0.5, 0.6) is 0 Å². The molecule has 158 valence electrons. The highest BCUT2D eigenvalue weighted by Gasteiger charge is 2.17. The number of aromatic nitrogens is 1. The Kier molecular flexibility index (Phi) is 7.41. The third-order valence-corrected chi connectivity index (χ3v) is 5.53. The molecule has 2 aromatic rings. The molecule has 5 heteroatoms. The fourth-order valence-electron chi connectivity index (χ4n) is 3.90. The summed E-state index contributed by atoms with van der Waals surface area (Å²) in [6.45, 7) is 9.38. The van der Waals surface area contributed by atoms with Crippen molar-refractivity contribution in [3.63, 3.8) is 0 Å². The van der Waals surface area contributed by atoms with E-state index in [1.54, 1.807) is 25.3 Å². The van der Waals surface area contributed by atoms with Gasteiger partial charge in [0.2, 0.25) is 0 Å². The largest absolute Gasteiger partial charge is 0.462 e.